The summed E-state index contributed by atoms with van der Waals surface area (Å²) in [5, 5.41) is 9.21. The number of piperazine rings is 1. The van der Waals surface area contributed by atoms with E-state index in [0.29, 0.717) is 23.7 Å². The van der Waals surface area contributed by atoms with Crippen LogP contribution in [0.25, 0.3) is 0 Å². The minimum atomic E-state index is -0.0869. The molecule has 1 aromatic rings. The van der Waals surface area contributed by atoms with Gasteiger partial charge < -0.3 is 20.9 Å². The van der Waals surface area contributed by atoms with Crippen molar-refractivity contribution < 1.29 is 9.59 Å². The number of anilines is 1. The van der Waals surface area contributed by atoms with E-state index in [1.165, 1.54) is 0 Å². The SMILES string of the molecule is CC1CC1C(=O)Nc1cccc(C(=O)NCCCN2CCNCC2)c1. The topological polar surface area (TPSA) is 73.5 Å². The van der Waals surface area contributed by atoms with Crippen molar-refractivity contribution in [3.63, 3.8) is 0 Å². The number of hydrogen-bond donors (Lipinski definition) is 3. The van der Waals surface area contributed by atoms with Gasteiger partial charge in [0, 0.05) is 49.9 Å². The van der Waals surface area contributed by atoms with Gasteiger partial charge in [-0.1, -0.05) is 13.0 Å². The first-order valence-corrected chi connectivity index (χ1v) is 9.25. The number of benzene rings is 1. The van der Waals surface area contributed by atoms with Crippen molar-refractivity contribution in [2.24, 2.45) is 11.8 Å². The van der Waals surface area contributed by atoms with Crippen LogP contribution in [0.5, 0.6) is 0 Å². The van der Waals surface area contributed by atoms with Gasteiger partial charge in [0.2, 0.25) is 5.91 Å². The van der Waals surface area contributed by atoms with Crippen LogP contribution in [0.3, 0.4) is 0 Å². The highest BCUT2D eigenvalue weighted by Crippen LogP contribution is 2.38. The lowest BCUT2D eigenvalue weighted by atomic mass is 10.1. The quantitative estimate of drug-likeness (QED) is 0.652. The zero-order valence-corrected chi connectivity index (χ0v) is 14.9. The lowest BCUT2D eigenvalue weighted by molar-refractivity contribution is -0.117. The highest BCUT2D eigenvalue weighted by atomic mass is 16.2. The average molecular weight is 344 g/mol. The third-order valence-corrected chi connectivity index (χ3v) is 4.98. The number of carbonyl (C=O) groups excluding carboxylic acids is 2. The Morgan fingerprint density at radius 1 is 1.28 bits per heavy atom. The molecular formula is C19H28N4O2. The maximum Gasteiger partial charge on any atom is 0.251 e. The van der Waals surface area contributed by atoms with Gasteiger partial charge in [0.25, 0.3) is 5.91 Å². The van der Waals surface area contributed by atoms with Gasteiger partial charge >= 0.3 is 0 Å². The molecule has 2 fully saturated rings. The fourth-order valence-corrected chi connectivity index (χ4v) is 3.20. The van der Waals surface area contributed by atoms with E-state index in [-0.39, 0.29) is 17.7 Å². The van der Waals surface area contributed by atoms with Crippen molar-refractivity contribution in [2.75, 3.05) is 44.6 Å². The number of carbonyl (C=O) groups is 2. The molecule has 2 atom stereocenters. The molecule has 0 spiro atoms. The van der Waals surface area contributed by atoms with Crippen LogP contribution in [0.2, 0.25) is 0 Å². The van der Waals surface area contributed by atoms with Gasteiger partial charge in [-0.2, -0.15) is 0 Å². The maximum atomic E-state index is 12.3. The second-order valence-electron chi connectivity index (χ2n) is 7.09. The van der Waals surface area contributed by atoms with Gasteiger partial charge in [0.05, 0.1) is 0 Å². The van der Waals surface area contributed by atoms with Gasteiger partial charge in [0.1, 0.15) is 0 Å². The van der Waals surface area contributed by atoms with Crippen LogP contribution in [0, 0.1) is 11.8 Å². The number of amides is 2. The summed E-state index contributed by atoms with van der Waals surface area (Å²) >= 11 is 0. The van der Waals surface area contributed by atoms with Crippen molar-refractivity contribution >= 4 is 17.5 Å². The third kappa shape index (κ3) is 5.28. The molecule has 1 saturated heterocycles. The normalized spacial score (nSPS) is 23.1. The lowest BCUT2D eigenvalue weighted by Crippen LogP contribution is -2.44. The summed E-state index contributed by atoms with van der Waals surface area (Å²) < 4.78 is 0. The van der Waals surface area contributed by atoms with Crippen molar-refractivity contribution in [3.8, 4) is 0 Å². The highest BCUT2D eigenvalue weighted by Gasteiger charge is 2.39. The van der Waals surface area contributed by atoms with E-state index in [4.69, 9.17) is 0 Å². The fourth-order valence-electron chi connectivity index (χ4n) is 3.20. The Morgan fingerprint density at radius 3 is 2.76 bits per heavy atom. The minimum Gasteiger partial charge on any atom is -0.352 e. The summed E-state index contributed by atoms with van der Waals surface area (Å²) in [6, 6.07) is 7.16. The molecule has 3 N–H and O–H groups in total. The molecule has 3 rings (SSSR count). The van der Waals surface area contributed by atoms with Crippen LogP contribution in [-0.4, -0.2) is 56.0 Å². The van der Waals surface area contributed by atoms with Gasteiger partial charge in [-0.15, -0.1) is 0 Å². The monoisotopic (exact) mass is 344 g/mol. The Kier molecular flexibility index (Phi) is 6.04. The predicted molar refractivity (Wildman–Crippen MR) is 98.6 cm³/mol. The van der Waals surface area contributed by atoms with E-state index in [1.807, 2.05) is 12.1 Å². The summed E-state index contributed by atoms with van der Waals surface area (Å²) in [6.45, 7) is 8.00. The second-order valence-corrected chi connectivity index (χ2v) is 7.09. The van der Waals surface area contributed by atoms with E-state index in [0.717, 1.165) is 45.6 Å². The third-order valence-electron chi connectivity index (χ3n) is 4.98. The number of rotatable bonds is 7. The van der Waals surface area contributed by atoms with Gasteiger partial charge in [-0.05, 0) is 43.5 Å². The number of nitrogens with zero attached hydrogens (tertiary/aromatic N) is 1. The maximum absolute atomic E-state index is 12.3. The molecule has 1 aliphatic heterocycles. The molecule has 2 amide bonds. The van der Waals surface area contributed by atoms with Crippen molar-refractivity contribution in [3.05, 3.63) is 29.8 Å². The van der Waals surface area contributed by atoms with Gasteiger partial charge in [0.15, 0.2) is 0 Å². The summed E-state index contributed by atoms with van der Waals surface area (Å²) in [6.07, 6.45) is 1.90. The largest absolute Gasteiger partial charge is 0.352 e. The first-order valence-electron chi connectivity index (χ1n) is 9.25. The molecule has 1 heterocycles. The Bertz CT molecular complexity index is 613. The molecule has 2 aliphatic rings. The molecule has 0 bridgehead atoms. The summed E-state index contributed by atoms with van der Waals surface area (Å²) in [5.74, 6) is 0.571. The standard InChI is InChI=1S/C19H28N4O2/c1-14-12-17(14)19(25)22-16-5-2-4-15(13-16)18(24)21-6-3-9-23-10-7-20-8-11-23/h2,4-5,13-14,17,20H,3,6-12H2,1H3,(H,21,24)(H,22,25). The van der Waals surface area contributed by atoms with Crippen molar-refractivity contribution in [1.82, 2.24) is 15.5 Å². The van der Waals surface area contributed by atoms with Crippen LogP contribution in [0.15, 0.2) is 24.3 Å². The molecule has 1 aromatic carbocycles. The molecular weight excluding hydrogens is 316 g/mol. The Balaban J connectivity index is 1.42. The Labute approximate surface area is 149 Å². The molecule has 1 saturated carbocycles. The molecule has 25 heavy (non-hydrogen) atoms. The van der Waals surface area contributed by atoms with Crippen LogP contribution in [0.4, 0.5) is 5.69 Å². The van der Waals surface area contributed by atoms with E-state index in [1.54, 1.807) is 12.1 Å². The molecule has 2 unspecified atom stereocenters. The molecule has 1 aliphatic carbocycles. The van der Waals surface area contributed by atoms with E-state index in [2.05, 4.69) is 27.8 Å². The fraction of sp³-hybridized carbons (Fsp3) is 0.579. The average Bonchev–Trinajstić information content (AvgIpc) is 3.37. The van der Waals surface area contributed by atoms with Crippen LogP contribution < -0.4 is 16.0 Å². The smallest absolute Gasteiger partial charge is 0.251 e. The van der Waals surface area contributed by atoms with Gasteiger partial charge in [-0.3, -0.25) is 9.59 Å². The van der Waals surface area contributed by atoms with Gasteiger partial charge in [-0.25, -0.2) is 0 Å². The molecule has 6 heteroatoms. The number of nitrogens with one attached hydrogen (secondary N) is 3. The van der Waals surface area contributed by atoms with Crippen LogP contribution in [-0.2, 0) is 4.79 Å². The first-order chi connectivity index (χ1) is 12.1. The van der Waals surface area contributed by atoms with Crippen LogP contribution >= 0.6 is 0 Å². The van der Waals surface area contributed by atoms with Crippen LogP contribution in [0.1, 0.15) is 30.1 Å². The molecule has 6 nitrogen and oxygen atoms in total. The predicted octanol–water partition coefficient (Wildman–Crippen LogP) is 1.31. The summed E-state index contributed by atoms with van der Waals surface area (Å²) in [4.78, 5) is 26.7. The van der Waals surface area contributed by atoms with E-state index < -0.39 is 0 Å². The highest BCUT2D eigenvalue weighted by molar-refractivity contribution is 5.98. The van der Waals surface area contributed by atoms with Crippen molar-refractivity contribution in [2.45, 2.75) is 19.8 Å². The minimum absolute atomic E-state index is 0.0566. The van der Waals surface area contributed by atoms with E-state index >= 15 is 0 Å². The molecule has 136 valence electrons. The zero-order valence-electron chi connectivity index (χ0n) is 14.9. The summed E-state index contributed by atoms with van der Waals surface area (Å²) in [7, 11) is 0. The van der Waals surface area contributed by atoms with E-state index in [9.17, 15) is 9.59 Å². The molecule has 0 aromatic heterocycles. The number of hydrogen-bond acceptors (Lipinski definition) is 4. The zero-order chi connectivity index (χ0) is 17.6. The second kappa shape index (κ2) is 8.45. The van der Waals surface area contributed by atoms with Crippen molar-refractivity contribution in [1.29, 1.82) is 0 Å². The summed E-state index contributed by atoms with van der Waals surface area (Å²) in [5.41, 5.74) is 1.28. The Morgan fingerprint density at radius 2 is 2.04 bits per heavy atom. The first kappa shape index (κ1) is 17.9. The molecule has 0 radical (unpaired) electrons. The lowest BCUT2D eigenvalue weighted by Gasteiger charge is -2.27. The Hall–Kier alpha value is -1.92.